The first-order chi connectivity index (χ1) is 7.81. The molecule has 2 N–H and O–H groups in total. The fourth-order valence-electron chi connectivity index (χ4n) is 1.67. The molecule has 0 radical (unpaired) electrons. The van der Waals surface area contributed by atoms with Crippen molar-refractivity contribution in [1.29, 1.82) is 0 Å². The third-order valence-corrected chi connectivity index (χ3v) is 2.58. The van der Waals surface area contributed by atoms with Crippen LogP contribution in [0.1, 0.15) is 32.0 Å². The molecule has 0 fully saturated rings. The van der Waals surface area contributed by atoms with Crippen molar-refractivity contribution in [3.8, 4) is 0 Å². The Morgan fingerprint density at radius 3 is 2.94 bits per heavy atom. The van der Waals surface area contributed by atoms with Crippen LogP contribution in [0.25, 0.3) is 10.9 Å². The number of nitrogens with two attached hydrogens (primary N) is 1. The predicted octanol–water partition coefficient (Wildman–Crippen LogP) is 2.34. The summed E-state index contributed by atoms with van der Waals surface area (Å²) in [4.78, 5) is 12.8. The first-order valence-electron chi connectivity index (χ1n) is 5.67. The van der Waals surface area contributed by atoms with Gasteiger partial charge in [-0.2, -0.15) is 0 Å². The lowest BCUT2D eigenvalue weighted by molar-refractivity contribution is 0.696. The van der Waals surface area contributed by atoms with Crippen LogP contribution in [-0.4, -0.2) is 15.0 Å². The highest BCUT2D eigenvalue weighted by Gasteiger charge is 2.03. The highest BCUT2D eigenvalue weighted by Crippen LogP contribution is 2.15. The highest BCUT2D eigenvalue weighted by atomic mass is 14.9. The summed E-state index contributed by atoms with van der Waals surface area (Å²) in [6, 6.07) is 1.88. The van der Waals surface area contributed by atoms with Crippen LogP contribution in [0.2, 0.25) is 0 Å². The van der Waals surface area contributed by atoms with Crippen molar-refractivity contribution >= 4 is 16.7 Å². The zero-order valence-corrected chi connectivity index (χ0v) is 9.48. The molecule has 0 saturated carbocycles. The van der Waals surface area contributed by atoms with Crippen LogP contribution >= 0.6 is 0 Å². The Balaban J connectivity index is 2.25. The lowest BCUT2D eigenvalue weighted by Gasteiger charge is -2.03. The number of hydrogen-bond donors (Lipinski definition) is 1. The van der Waals surface area contributed by atoms with Gasteiger partial charge in [0.1, 0.15) is 17.2 Å². The van der Waals surface area contributed by atoms with Gasteiger partial charge in [-0.25, -0.2) is 15.0 Å². The number of hydrogen-bond acceptors (Lipinski definition) is 4. The van der Waals surface area contributed by atoms with Gasteiger partial charge in [0.05, 0.1) is 0 Å². The molecule has 2 aromatic heterocycles. The second-order valence-electron chi connectivity index (χ2n) is 3.88. The lowest BCUT2D eigenvalue weighted by Crippen LogP contribution is -1.99. The Hall–Kier alpha value is -1.71. The van der Waals surface area contributed by atoms with Crippen molar-refractivity contribution in [2.75, 3.05) is 5.73 Å². The van der Waals surface area contributed by atoms with Gasteiger partial charge in [0.15, 0.2) is 0 Å². The molecule has 0 saturated heterocycles. The number of nitrogens with zero attached hydrogens (tertiary/aromatic N) is 3. The van der Waals surface area contributed by atoms with Crippen LogP contribution in [0.3, 0.4) is 0 Å². The molecular weight excluding hydrogens is 200 g/mol. The van der Waals surface area contributed by atoms with Gasteiger partial charge in [-0.3, -0.25) is 0 Å². The van der Waals surface area contributed by atoms with E-state index in [0.717, 1.165) is 29.6 Å². The zero-order valence-electron chi connectivity index (χ0n) is 9.48. The van der Waals surface area contributed by atoms with E-state index in [4.69, 9.17) is 5.73 Å². The Kier molecular flexibility index (Phi) is 3.29. The molecule has 0 aliphatic rings. The third-order valence-electron chi connectivity index (χ3n) is 2.58. The minimum absolute atomic E-state index is 0.483. The molecular formula is C12H16N4. The summed E-state index contributed by atoms with van der Waals surface area (Å²) < 4.78 is 0. The maximum absolute atomic E-state index is 5.78. The van der Waals surface area contributed by atoms with E-state index in [1.54, 1.807) is 6.20 Å². The maximum Gasteiger partial charge on any atom is 0.150 e. The average Bonchev–Trinajstić information content (AvgIpc) is 2.30. The number of anilines is 1. The maximum atomic E-state index is 5.78. The first-order valence-corrected chi connectivity index (χ1v) is 5.67. The summed E-state index contributed by atoms with van der Waals surface area (Å²) in [5.74, 6) is 1.34. The summed E-state index contributed by atoms with van der Waals surface area (Å²) >= 11 is 0. The molecule has 0 aliphatic heterocycles. The van der Waals surface area contributed by atoms with Gasteiger partial charge in [-0.05, 0) is 12.5 Å². The lowest BCUT2D eigenvalue weighted by atomic mass is 10.2. The Labute approximate surface area is 94.9 Å². The number of unbranched alkanes of at least 4 members (excludes halogenated alkanes) is 2. The van der Waals surface area contributed by atoms with Crippen LogP contribution in [0.15, 0.2) is 18.5 Å². The standard InChI is InChI=1S/C12H16N4/c1-2-3-4-5-10-15-8-9-6-7-14-12(13)11(9)16-10/h6-8H,2-5H2,1H3,(H2,13,14). The summed E-state index contributed by atoms with van der Waals surface area (Å²) in [5.41, 5.74) is 6.55. The number of fused-ring (bicyclic) bond motifs is 1. The normalized spacial score (nSPS) is 10.8. The van der Waals surface area contributed by atoms with Gasteiger partial charge in [0, 0.05) is 24.2 Å². The van der Waals surface area contributed by atoms with Crippen molar-refractivity contribution in [3.05, 3.63) is 24.3 Å². The Morgan fingerprint density at radius 2 is 2.12 bits per heavy atom. The first kappa shape index (κ1) is 10.8. The molecule has 84 valence electrons. The molecule has 0 amide bonds. The van der Waals surface area contributed by atoms with Gasteiger partial charge in [-0.15, -0.1) is 0 Å². The van der Waals surface area contributed by atoms with Crippen molar-refractivity contribution in [2.45, 2.75) is 32.6 Å². The van der Waals surface area contributed by atoms with E-state index >= 15 is 0 Å². The van der Waals surface area contributed by atoms with E-state index in [1.807, 2.05) is 12.3 Å². The number of nitrogen functional groups attached to an aromatic ring is 1. The molecule has 2 heterocycles. The van der Waals surface area contributed by atoms with E-state index in [-0.39, 0.29) is 0 Å². The predicted molar refractivity (Wildman–Crippen MR) is 65.0 cm³/mol. The van der Waals surface area contributed by atoms with Gasteiger partial charge in [-0.1, -0.05) is 19.8 Å². The van der Waals surface area contributed by atoms with Gasteiger partial charge >= 0.3 is 0 Å². The molecule has 0 bridgehead atoms. The van der Waals surface area contributed by atoms with Crippen LogP contribution in [0.4, 0.5) is 5.82 Å². The topological polar surface area (TPSA) is 64.7 Å². The number of pyridine rings is 1. The van der Waals surface area contributed by atoms with E-state index in [9.17, 15) is 0 Å². The van der Waals surface area contributed by atoms with E-state index in [0.29, 0.717) is 5.82 Å². The molecule has 0 unspecified atom stereocenters. The summed E-state index contributed by atoms with van der Waals surface area (Å²) in [6.45, 7) is 2.18. The van der Waals surface area contributed by atoms with E-state index in [1.165, 1.54) is 12.8 Å². The molecule has 4 nitrogen and oxygen atoms in total. The number of rotatable bonds is 4. The van der Waals surface area contributed by atoms with Crippen molar-refractivity contribution in [3.63, 3.8) is 0 Å². The molecule has 16 heavy (non-hydrogen) atoms. The van der Waals surface area contributed by atoms with E-state index < -0.39 is 0 Å². The minimum Gasteiger partial charge on any atom is -0.382 e. The average molecular weight is 216 g/mol. The van der Waals surface area contributed by atoms with Crippen LogP contribution in [0.5, 0.6) is 0 Å². The van der Waals surface area contributed by atoms with Gasteiger partial charge in [0.2, 0.25) is 0 Å². The van der Waals surface area contributed by atoms with Crippen LogP contribution in [-0.2, 0) is 6.42 Å². The number of aryl methyl sites for hydroxylation is 1. The molecule has 4 heteroatoms. The fraction of sp³-hybridized carbons (Fsp3) is 0.417. The van der Waals surface area contributed by atoms with Crippen molar-refractivity contribution < 1.29 is 0 Å². The second-order valence-corrected chi connectivity index (χ2v) is 3.88. The number of aromatic nitrogens is 3. The largest absolute Gasteiger partial charge is 0.382 e. The van der Waals surface area contributed by atoms with Gasteiger partial charge in [0.25, 0.3) is 0 Å². The van der Waals surface area contributed by atoms with E-state index in [2.05, 4.69) is 21.9 Å². The Morgan fingerprint density at radius 1 is 1.25 bits per heavy atom. The minimum atomic E-state index is 0.483. The SMILES string of the molecule is CCCCCc1ncc2ccnc(N)c2n1. The highest BCUT2D eigenvalue weighted by molar-refractivity contribution is 5.86. The molecule has 0 aromatic carbocycles. The molecule has 0 atom stereocenters. The van der Waals surface area contributed by atoms with Gasteiger partial charge < -0.3 is 5.73 Å². The fourth-order valence-corrected chi connectivity index (χ4v) is 1.67. The summed E-state index contributed by atoms with van der Waals surface area (Å²) in [6.07, 6.45) is 7.96. The molecule has 0 spiro atoms. The monoisotopic (exact) mass is 216 g/mol. The third kappa shape index (κ3) is 2.27. The summed E-state index contributed by atoms with van der Waals surface area (Å²) in [5, 5.41) is 0.951. The van der Waals surface area contributed by atoms with Crippen LogP contribution in [0, 0.1) is 0 Å². The quantitative estimate of drug-likeness (QED) is 0.797. The summed E-state index contributed by atoms with van der Waals surface area (Å²) in [7, 11) is 0. The van der Waals surface area contributed by atoms with Crippen molar-refractivity contribution in [1.82, 2.24) is 15.0 Å². The van der Waals surface area contributed by atoms with Crippen molar-refractivity contribution in [2.24, 2.45) is 0 Å². The zero-order chi connectivity index (χ0) is 11.4. The molecule has 2 rings (SSSR count). The molecule has 2 aromatic rings. The smallest absolute Gasteiger partial charge is 0.150 e. The van der Waals surface area contributed by atoms with Crippen LogP contribution < -0.4 is 5.73 Å². The molecule has 0 aliphatic carbocycles. The Bertz CT molecular complexity index is 481. The second kappa shape index (κ2) is 4.88.